The van der Waals surface area contributed by atoms with Gasteiger partial charge >= 0.3 is 0 Å². The Bertz CT molecular complexity index is 868. The number of benzene rings is 2. The fourth-order valence-electron chi connectivity index (χ4n) is 2.21. The molecule has 0 heterocycles. The van der Waals surface area contributed by atoms with Crippen LogP contribution in [-0.2, 0) is 9.59 Å². The van der Waals surface area contributed by atoms with Crippen LogP contribution in [0.2, 0.25) is 0 Å². The number of nitrogens with zero attached hydrogens (tertiary/aromatic N) is 1. The number of phenolic OH excluding ortho intramolecular Hbond substituents is 1. The lowest BCUT2D eigenvalue weighted by Crippen LogP contribution is -2.24. The molecule has 0 fully saturated rings. The summed E-state index contributed by atoms with van der Waals surface area (Å²) in [5.41, 5.74) is 4.54. The fraction of sp³-hybridized carbons (Fsp3) is 0.211. The molecule has 142 valence electrons. The van der Waals surface area contributed by atoms with E-state index in [0.29, 0.717) is 27.2 Å². The van der Waals surface area contributed by atoms with E-state index in [2.05, 4.69) is 15.8 Å². The second-order valence-corrected chi connectivity index (χ2v) is 6.78. The number of ether oxygens (including phenoxy) is 1. The van der Waals surface area contributed by atoms with Crippen molar-refractivity contribution in [2.24, 2.45) is 5.10 Å². The van der Waals surface area contributed by atoms with Crippen molar-refractivity contribution in [3.8, 4) is 11.5 Å². The Balaban J connectivity index is 1.91. The molecule has 0 spiro atoms. The Hall–Kier alpha value is -2.62. The first-order valence-electron chi connectivity index (χ1n) is 8.23. The van der Waals surface area contributed by atoms with Crippen LogP contribution in [0.4, 0.5) is 5.69 Å². The Morgan fingerprint density at radius 1 is 1.26 bits per heavy atom. The molecule has 0 aromatic heterocycles. The van der Waals surface area contributed by atoms with Crippen molar-refractivity contribution in [3.05, 3.63) is 51.1 Å². The number of aromatic hydroxyl groups is 1. The van der Waals surface area contributed by atoms with Gasteiger partial charge in [0, 0.05) is 5.69 Å². The molecule has 0 saturated heterocycles. The second-order valence-electron chi connectivity index (χ2n) is 5.62. The van der Waals surface area contributed by atoms with E-state index in [0.717, 1.165) is 5.56 Å². The number of carbonyl (C=O) groups is 2. The first-order chi connectivity index (χ1) is 12.9. The van der Waals surface area contributed by atoms with Gasteiger partial charge in [-0.1, -0.05) is 18.2 Å². The number of halogens is 1. The predicted molar refractivity (Wildman–Crippen MR) is 112 cm³/mol. The Labute approximate surface area is 171 Å². The third-order valence-electron chi connectivity index (χ3n) is 3.49. The first kappa shape index (κ1) is 20.7. The summed E-state index contributed by atoms with van der Waals surface area (Å²) in [6.07, 6.45) is 1.07. The van der Waals surface area contributed by atoms with Crippen LogP contribution in [-0.4, -0.2) is 29.7 Å². The van der Waals surface area contributed by atoms with Crippen LogP contribution in [0.25, 0.3) is 0 Å². The molecular formula is C19H20IN3O4. The minimum atomic E-state index is -0.532. The molecule has 0 saturated carbocycles. The van der Waals surface area contributed by atoms with Gasteiger partial charge in [-0.25, -0.2) is 5.43 Å². The SMILES string of the molecule is CCOc1cc(C=NNC(=O)CC(=O)Nc2ccccc2C)cc(I)c1O. The van der Waals surface area contributed by atoms with E-state index in [4.69, 9.17) is 4.74 Å². The molecule has 3 N–H and O–H groups in total. The summed E-state index contributed by atoms with van der Waals surface area (Å²) in [6.45, 7) is 4.10. The second kappa shape index (κ2) is 9.91. The highest BCUT2D eigenvalue weighted by molar-refractivity contribution is 14.1. The Morgan fingerprint density at radius 3 is 2.70 bits per heavy atom. The van der Waals surface area contributed by atoms with Crippen molar-refractivity contribution in [3.63, 3.8) is 0 Å². The number of carbonyl (C=O) groups excluding carboxylic acids is 2. The van der Waals surface area contributed by atoms with Crippen molar-refractivity contribution >= 4 is 46.3 Å². The highest BCUT2D eigenvalue weighted by Crippen LogP contribution is 2.32. The fourth-order valence-corrected chi connectivity index (χ4v) is 2.83. The summed E-state index contributed by atoms with van der Waals surface area (Å²) in [4.78, 5) is 23.8. The predicted octanol–water partition coefficient (Wildman–Crippen LogP) is 3.18. The van der Waals surface area contributed by atoms with Crippen LogP contribution in [0.3, 0.4) is 0 Å². The lowest BCUT2D eigenvalue weighted by atomic mass is 10.2. The largest absolute Gasteiger partial charge is 0.504 e. The van der Waals surface area contributed by atoms with Gasteiger partial charge in [0.15, 0.2) is 11.5 Å². The van der Waals surface area contributed by atoms with E-state index in [1.165, 1.54) is 6.21 Å². The van der Waals surface area contributed by atoms with Crippen LogP contribution in [0.1, 0.15) is 24.5 Å². The summed E-state index contributed by atoms with van der Waals surface area (Å²) < 4.78 is 5.95. The maximum Gasteiger partial charge on any atom is 0.249 e. The standard InChI is InChI=1S/C19H20IN3O4/c1-3-27-16-9-13(8-14(20)19(16)26)11-21-23-18(25)10-17(24)22-15-7-5-4-6-12(15)2/h4-9,11,26H,3,10H2,1-2H3,(H,22,24)(H,23,25). The molecule has 0 radical (unpaired) electrons. The zero-order valence-corrected chi connectivity index (χ0v) is 17.1. The highest BCUT2D eigenvalue weighted by atomic mass is 127. The summed E-state index contributed by atoms with van der Waals surface area (Å²) in [5, 5.41) is 16.4. The van der Waals surface area contributed by atoms with Gasteiger partial charge < -0.3 is 15.2 Å². The lowest BCUT2D eigenvalue weighted by molar-refractivity contribution is -0.126. The van der Waals surface area contributed by atoms with Gasteiger partial charge in [0.05, 0.1) is 16.4 Å². The van der Waals surface area contributed by atoms with Crippen molar-refractivity contribution in [1.29, 1.82) is 0 Å². The molecule has 8 heteroatoms. The van der Waals surface area contributed by atoms with E-state index >= 15 is 0 Å². The number of hydrogen-bond donors (Lipinski definition) is 3. The molecule has 2 aromatic carbocycles. The Kier molecular flexibility index (Phi) is 7.59. The van der Waals surface area contributed by atoms with Gasteiger partial charge in [-0.3, -0.25) is 9.59 Å². The van der Waals surface area contributed by atoms with E-state index in [-0.39, 0.29) is 12.2 Å². The zero-order chi connectivity index (χ0) is 19.8. The van der Waals surface area contributed by atoms with E-state index in [9.17, 15) is 14.7 Å². The maximum absolute atomic E-state index is 11.9. The molecule has 2 rings (SSSR count). The maximum atomic E-state index is 11.9. The Morgan fingerprint density at radius 2 is 2.00 bits per heavy atom. The summed E-state index contributed by atoms with van der Waals surface area (Å²) in [7, 11) is 0. The van der Waals surface area contributed by atoms with Gasteiger partial charge in [-0.2, -0.15) is 5.10 Å². The average Bonchev–Trinajstić information content (AvgIpc) is 2.61. The summed E-state index contributed by atoms with van der Waals surface area (Å²) in [5.74, 6) is -0.549. The van der Waals surface area contributed by atoms with E-state index in [1.54, 1.807) is 18.2 Å². The smallest absolute Gasteiger partial charge is 0.249 e. The lowest BCUT2D eigenvalue weighted by Gasteiger charge is -2.08. The summed E-state index contributed by atoms with van der Waals surface area (Å²) >= 11 is 1.98. The van der Waals surface area contributed by atoms with Crippen molar-refractivity contribution in [2.45, 2.75) is 20.3 Å². The average molecular weight is 481 g/mol. The molecule has 2 amide bonds. The number of nitrogens with one attached hydrogen (secondary N) is 2. The molecular weight excluding hydrogens is 461 g/mol. The zero-order valence-electron chi connectivity index (χ0n) is 15.0. The molecule has 0 atom stereocenters. The quantitative estimate of drug-likeness (QED) is 0.245. The normalized spacial score (nSPS) is 10.6. The third-order valence-corrected chi connectivity index (χ3v) is 4.32. The summed E-state index contributed by atoms with van der Waals surface area (Å²) in [6, 6.07) is 10.6. The third kappa shape index (κ3) is 6.24. The van der Waals surface area contributed by atoms with Gasteiger partial charge in [0.1, 0.15) is 6.42 Å². The van der Waals surface area contributed by atoms with E-state index in [1.807, 2.05) is 54.6 Å². The van der Waals surface area contributed by atoms with Crippen LogP contribution >= 0.6 is 22.6 Å². The van der Waals surface area contributed by atoms with Gasteiger partial charge in [0.2, 0.25) is 11.8 Å². The van der Waals surface area contributed by atoms with Crippen LogP contribution in [0.5, 0.6) is 11.5 Å². The molecule has 27 heavy (non-hydrogen) atoms. The van der Waals surface area contributed by atoms with Gasteiger partial charge in [0.25, 0.3) is 0 Å². The van der Waals surface area contributed by atoms with Crippen LogP contribution < -0.4 is 15.5 Å². The molecule has 2 aromatic rings. The van der Waals surface area contributed by atoms with Crippen LogP contribution in [0, 0.1) is 10.5 Å². The number of rotatable bonds is 7. The number of para-hydroxylation sites is 1. The van der Waals surface area contributed by atoms with Crippen molar-refractivity contribution in [1.82, 2.24) is 5.43 Å². The monoisotopic (exact) mass is 481 g/mol. The van der Waals surface area contributed by atoms with Crippen molar-refractivity contribution < 1.29 is 19.4 Å². The molecule has 0 aliphatic heterocycles. The van der Waals surface area contributed by atoms with Crippen molar-refractivity contribution in [2.75, 3.05) is 11.9 Å². The number of phenols is 1. The van der Waals surface area contributed by atoms with E-state index < -0.39 is 11.8 Å². The number of hydrogen-bond acceptors (Lipinski definition) is 5. The van der Waals surface area contributed by atoms with Gasteiger partial charge in [-0.15, -0.1) is 0 Å². The topological polar surface area (TPSA) is 100 Å². The molecule has 0 bridgehead atoms. The highest BCUT2D eigenvalue weighted by Gasteiger charge is 2.11. The molecule has 7 nitrogen and oxygen atoms in total. The van der Waals surface area contributed by atoms with Gasteiger partial charge in [-0.05, 0) is 65.8 Å². The number of aryl methyl sites for hydroxylation is 1. The number of hydrazone groups is 1. The minimum absolute atomic E-state index is 0.0616. The molecule has 0 aliphatic rings. The molecule has 0 unspecified atom stereocenters. The van der Waals surface area contributed by atoms with Crippen LogP contribution in [0.15, 0.2) is 41.5 Å². The number of anilines is 1. The number of amides is 2. The minimum Gasteiger partial charge on any atom is -0.504 e. The first-order valence-corrected chi connectivity index (χ1v) is 9.31. The molecule has 0 aliphatic carbocycles.